The lowest BCUT2D eigenvalue weighted by molar-refractivity contribution is 0.0305. The molecule has 1 saturated heterocycles. The van der Waals surface area contributed by atoms with Crippen molar-refractivity contribution in [3.05, 3.63) is 146 Å². The maximum atomic E-state index is 13.2. The van der Waals surface area contributed by atoms with Crippen LogP contribution >= 0.6 is 0 Å². The van der Waals surface area contributed by atoms with Gasteiger partial charge in [0.2, 0.25) is 0 Å². The molecule has 1 N–H and O–H groups in total. The van der Waals surface area contributed by atoms with E-state index >= 15 is 0 Å². The van der Waals surface area contributed by atoms with Crippen LogP contribution in [0.15, 0.2) is 89.7 Å². The van der Waals surface area contributed by atoms with Crippen LogP contribution in [0.3, 0.4) is 0 Å². The lowest BCUT2D eigenvalue weighted by Crippen LogP contribution is -2.56. The van der Waals surface area contributed by atoms with Crippen molar-refractivity contribution in [2.24, 2.45) is 5.41 Å². The third-order valence-corrected chi connectivity index (χ3v) is 13.0. The summed E-state index contributed by atoms with van der Waals surface area (Å²) in [5.41, 5.74) is 16.8. The molecule has 1 spiro atoms. The molecule has 5 aromatic rings. The summed E-state index contributed by atoms with van der Waals surface area (Å²) in [7, 11) is 0. The van der Waals surface area contributed by atoms with Gasteiger partial charge in [0.25, 0.3) is 5.56 Å². The van der Waals surface area contributed by atoms with Gasteiger partial charge in [-0.05, 0) is 133 Å². The van der Waals surface area contributed by atoms with Gasteiger partial charge in [-0.2, -0.15) is 0 Å². The van der Waals surface area contributed by atoms with Gasteiger partial charge in [-0.25, -0.2) is 4.98 Å². The van der Waals surface area contributed by atoms with Gasteiger partial charge in [0.15, 0.2) is 0 Å². The predicted molar refractivity (Wildman–Crippen MR) is 188 cm³/mol. The van der Waals surface area contributed by atoms with Crippen molar-refractivity contribution < 1.29 is 0 Å². The summed E-state index contributed by atoms with van der Waals surface area (Å²) in [4.78, 5) is 23.7. The first kappa shape index (κ1) is 27.8. The Morgan fingerprint density at radius 2 is 1.36 bits per heavy atom. The Kier molecular flexibility index (Phi) is 5.70. The second-order valence-electron chi connectivity index (χ2n) is 15.5. The second kappa shape index (κ2) is 9.64. The predicted octanol–water partition coefficient (Wildman–Crippen LogP) is 7.94. The fourth-order valence-corrected chi connectivity index (χ4v) is 10.8. The quantitative estimate of drug-likeness (QED) is 0.220. The number of H-pyrrole nitrogens is 1. The molecule has 0 radical (unpaired) electrons. The first-order valence-electron chi connectivity index (χ1n) is 17.6. The molecule has 0 bridgehead atoms. The summed E-state index contributed by atoms with van der Waals surface area (Å²) in [6.07, 6.45) is 8.35. The molecule has 4 nitrogen and oxygen atoms in total. The van der Waals surface area contributed by atoms with Crippen LogP contribution in [0.2, 0.25) is 0 Å². The van der Waals surface area contributed by atoms with E-state index in [-0.39, 0.29) is 21.9 Å². The second-order valence-corrected chi connectivity index (χ2v) is 15.5. The van der Waals surface area contributed by atoms with Crippen molar-refractivity contribution in [2.45, 2.75) is 76.2 Å². The van der Waals surface area contributed by atoms with E-state index in [1.807, 2.05) is 6.92 Å². The van der Waals surface area contributed by atoms with E-state index in [2.05, 4.69) is 102 Å². The molecular formula is C43H41N3O. The monoisotopic (exact) mass is 615 g/mol. The van der Waals surface area contributed by atoms with Crippen molar-refractivity contribution in [1.29, 1.82) is 0 Å². The number of nitrogens with zero attached hydrogens (tertiary/aromatic N) is 2. The minimum atomic E-state index is -0.0531. The Hall–Kier alpha value is -4.28. The fraction of sp³-hybridized carbons (Fsp3) is 0.349. The summed E-state index contributed by atoms with van der Waals surface area (Å²) in [5.74, 6) is 0.729. The first-order valence-corrected chi connectivity index (χ1v) is 17.6. The number of piperidine rings is 1. The highest BCUT2D eigenvalue weighted by atomic mass is 16.1. The number of aromatic amines is 1. The number of likely N-dealkylation sites (tertiary alicyclic amines) is 1. The standard InChI is InChI=1S/C43H41N3O/c1-27-44-39-18-20-41(2,24-36(39)40(47)45-27)46-21-9-19-42(26-46)25-43(42,37-16-7-14-32-30-12-5-3-10-28(30)22-34(32)37)38-17-8-15-33-31-13-6-4-11-29(31)23-35(33)38/h3-8,10-17H,9,18-26H2,1-2H3,(H,44,45,47). The van der Waals surface area contributed by atoms with Crippen LogP contribution < -0.4 is 5.56 Å². The van der Waals surface area contributed by atoms with Crippen LogP contribution in [0.5, 0.6) is 0 Å². The maximum Gasteiger partial charge on any atom is 0.254 e. The molecule has 2 fully saturated rings. The Bertz CT molecular complexity index is 2100. The normalized spacial score (nSPS) is 24.7. The Labute approximate surface area is 276 Å². The SMILES string of the molecule is Cc1nc2c(c(=O)[nH]1)CC(C)(N1CCCC3(C1)CC3(c1cccc3c1Cc1ccccc1-3)c1cccc3c1Cc1ccccc1-3)CC2. The largest absolute Gasteiger partial charge is 0.311 e. The Balaban J connectivity index is 1.12. The number of hydrogen-bond acceptors (Lipinski definition) is 3. The zero-order chi connectivity index (χ0) is 31.5. The van der Waals surface area contributed by atoms with Gasteiger partial charge in [-0.3, -0.25) is 9.69 Å². The number of aryl methyl sites for hydroxylation is 2. The van der Waals surface area contributed by atoms with Crippen LogP contribution in [0.4, 0.5) is 0 Å². The van der Waals surface area contributed by atoms with Crippen LogP contribution in [0.1, 0.15) is 83.1 Å². The number of rotatable bonds is 3. The molecule has 4 aromatic carbocycles. The van der Waals surface area contributed by atoms with Crippen LogP contribution in [0, 0.1) is 12.3 Å². The van der Waals surface area contributed by atoms with Crippen LogP contribution in [-0.2, 0) is 31.1 Å². The summed E-state index contributed by atoms with van der Waals surface area (Å²) in [5, 5.41) is 0. The van der Waals surface area contributed by atoms with Crippen molar-refractivity contribution >= 4 is 0 Å². The summed E-state index contributed by atoms with van der Waals surface area (Å²) < 4.78 is 0. The van der Waals surface area contributed by atoms with E-state index in [4.69, 9.17) is 4.98 Å². The molecular weight excluding hydrogens is 574 g/mol. The van der Waals surface area contributed by atoms with E-state index in [9.17, 15) is 4.79 Å². The van der Waals surface area contributed by atoms with Gasteiger partial charge >= 0.3 is 0 Å². The maximum absolute atomic E-state index is 13.2. The first-order chi connectivity index (χ1) is 22.9. The van der Waals surface area contributed by atoms with Crippen molar-refractivity contribution in [3.8, 4) is 22.3 Å². The van der Waals surface area contributed by atoms with E-state index in [1.165, 1.54) is 52.6 Å². The number of fused-ring (bicyclic) bond motifs is 7. The lowest BCUT2D eigenvalue weighted by Gasteiger charge is -2.49. The van der Waals surface area contributed by atoms with Crippen molar-refractivity contribution in [3.63, 3.8) is 0 Å². The highest BCUT2D eigenvalue weighted by molar-refractivity contribution is 5.82. The molecule has 47 heavy (non-hydrogen) atoms. The number of hydrogen-bond donors (Lipinski definition) is 1. The molecule has 1 aliphatic heterocycles. The molecule has 2 unspecified atom stereocenters. The average molecular weight is 616 g/mol. The molecule has 234 valence electrons. The van der Waals surface area contributed by atoms with Gasteiger partial charge in [-0.1, -0.05) is 84.9 Å². The summed E-state index contributed by atoms with van der Waals surface area (Å²) in [6, 6.07) is 32.5. The van der Waals surface area contributed by atoms with Crippen LogP contribution in [0.25, 0.3) is 22.3 Å². The molecule has 10 rings (SSSR count). The average Bonchev–Trinajstić information content (AvgIpc) is 3.36. The molecule has 4 aliphatic carbocycles. The zero-order valence-electron chi connectivity index (χ0n) is 27.5. The summed E-state index contributed by atoms with van der Waals surface area (Å²) >= 11 is 0. The minimum absolute atomic E-state index is 0.0362. The minimum Gasteiger partial charge on any atom is -0.311 e. The van der Waals surface area contributed by atoms with Gasteiger partial charge < -0.3 is 4.98 Å². The highest BCUT2D eigenvalue weighted by Gasteiger charge is 2.71. The van der Waals surface area contributed by atoms with Gasteiger partial charge in [0.05, 0.1) is 5.69 Å². The number of nitrogens with one attached hydrogen (secondary N) is 1. The van der Waals surface area contributed by atoms with E-state index < -0.39 is 0 Å². The van der Waals surface area contributed by atoms with E-state index in [0.717, 1.165) is 62.3 Å². The smallest absolute Gasteiger partial charge is 0.254 e. The third kappa shape index (κ3) is 3.79. The lowest BCUT2D eigenvalue weighted by atomic mass is 9.71. The van der Waals surface area contributed by atoms with Crippen molar-refractivity contribution in [2.75, 3.05) is 13.1 Å². The molecule has 2 atom stereocenters. The summed E-state index contributed by atoms with van der Waals surface area (Å²) in [6.45, 7) is 6.49. The van der Waals surface area contributed by atoms with Crippen molar-refractivity contribution in [1.82, 2.24) is 14.9 Å². The van der Waals surface area contributed by atoms with Gasteiger partial charge in [0, 0.05) is 23.1 Å². The van der Waals surface area contributed by atoms with E-state index in [1.54, 1.807) is 22.3 Å². The van der Waals surface area contributed by atoms with Crippen LogP contribution in [-0.4, -0.2) is 33.5 Å². The number of aromatic nitrogens is 2. The topological polar surface area (TPSA) is 49.0 Å². The number of benzene rings is 4. The fourth-order valence-electron chi connectivity index (χ4n) is 10.8. The molecule has 1 saturated carbocycles. The molecule has 0 amide bonds. The molecule has 2 heterocycles. The molecule has 4 heteroatoms. The Morgan fingerprint density at radius 3 is 2.02 bits per heavy atom. The molecule has 1 aromatic heterocycles. The zero-order valence-corrected chi connectivity index (χ0v) is 27.5. The van der Waals surface area contributed by atoms with Gasteiger partial charge in [-0.15, -0.1) is 0 Å². The molecule has 5 aliphatic rings. The Morgan fingerprint density at radius 1 is 0.745 bits per heavy atom. The van der Waals surface area contributed by atoms with Gasteiger partial charge in [0.1, 0.15) is 5.82 Å². The highest BCUT2D eigenvalue weighted by Crippen LogP contribution is 2.74. The van der Waals surface area contributed by atoms with E-state index in [0.29, 0.717) is 0 Å². The third-order valence-electron chi connectivity index (χ3n) is 13.0.